The van der Waals surface area contributed by atoms with E-state index in [2.05, 4.69) is 5.32 Å². The van der Waals surface area contributed by atoms with E-state index in [-0.39, 0.29) is 29.1 Å². The van der Waals surface area contributed by atoms with Gasteiger partial charge in [-0.25, -0.2) is 4.79 Å². The van der Waals surface area contributed by atoms with Crippen LogP contribution < -0.4 is 10.1 Å². The molecule has 0 radical (unpaired) electrons. The van der Waals surface area contributed by atoms with Crippen LogP contribution in [0.1, 0.15) is 36.7 Å². The second-order valence-corrected chi connectivity index (χ2v) is 6.62. The molecule has 0 spiro atoms. The van der Waals surface area contributed by atoms with Crippen molar-refractivity contribution in [2.75, 3.05) is 11.9 Å². The van der Waals surface area contributed by atoms with E-state index in [1.165, 1.54) is 18.2 Å². The largest absolute Gasteiger partial charge is 0.508 e. The maximum atomic E-state index is 12.1. The van der Waals surface area contributed by atoms with Crippen LogP contribution in [0, 0.1) is 0 Å². The Hall–Kier alpha value is -3.02. The normalized spacial score (nSPS) is 11.0. The Morgan fingerprint density at radius 2 is 1.72 bits per heavy atom. The molecule has 0 fully saturated rings. The van der Waals surface area contributed by atoms with Gasteiger partial charge in [-0.3, -0.25) is 4.79 Å². The predicted octanol–water partition coefficient (Wildman–Crippen LogP) is 3.41. The molecule has 0 aliphatic rings. The highest BCUT2D eigenvalue weighted by atomic mass is 16.5. The molecule has 2 aromatic carbocycles. The Labute approximate surface area is 146 Å². The van der Waals surface area contributed by atoms with Gasteiger partial charge in [-0.2, -0.15) is 0 Å². The fraction of sp³-hybridized carbons (Fsp3) is 0.263. The Bertz CT molecular complexity index is 775. The van der Waals surface area contributed by atoms with Gasteiger partial charge in [-0.1, -0.05) is 32.9 Å². The Morgan fingerprint density at radius 1 is 1.08 bits per heavy atom. The molecule has 0 heterocycles. The molecule has 2 aromatic rings. The number of aromatic carboxylic acids is 1. The van der Waals surface area contributed by atoms with E-state index in [1.54, 1.807) is 24.3 Å². The number of carbonyl (C=O) groups is 2. The molecule has 25 heavy (non-hydrogen) atoms. The van der Waals surface area contributed by atoms with Crippen molar-refractivity contribution in [3.63, 3.8) is 0 Å². The number of phenolic OH excluding ortho intramolecular Hbond substituents is 1. The van der Waals surface area contributed by atoms with Crippen molar-refractivity contribution in [2.24, 2.45) is 0 Å². The average Bonchev–Trinajstić information content (AvgIpc) is 2.53. The van der Waals surface area contributed by atoms with Crippen molar-refractivity contribution >= 4 is 17.6 Å². The minimum atomic E-state index is -1.11. The number of carbonyl (C=O) groups excluding carboxylic acids is 1. The van der Waals surface area contributed by atoms with Crippen LogP contribution >= 0.6 is 0 Å². The number of rotatable bonds is 5. The van der Waals surface area contributed by atoms with E-state index in [9.17, 15) is 19.8 Å². The fourth-order valence-corrected chi connectivity index (χ4v) is 2.33. The first kappa shape index (κ1) is 18.3. The maximum absolute atomic E-state index is 12.1. The summed E-state index contributed by atoms with van der Waals surface area (Å²) in [7, 11) is 0. The van der Waals surface area contributed by atoms with Crippen LogP contribution in [0.5, 0.6) is 11.5 Å². The van der Waals surface area contributed by atoms with Crippen LogP contribution in [0.3, 0.4) is 0 Å². The summed E-state index contributed by atoms with van der Waals surface area (Å²) in [6, 6.07) is 10.9. The number of aromatic hydroxyl groups is 1. The third-order valence-electron chi connectivity index (χ3n) is 3.55. The highest BCUT2D eigenvalue weighted by Gasteiger charge is 2.24. The van der Waals surface area contributed by atoms with Crippen molar-refractivity contribution in [3.8, 4) is 11.5 Å². The molecule has 1 amide bonds. The number of ether oxygens (including phenoxy) is 1. The van der Waals surface area contributed by atoms with E-state index >= 15 is 0 Å². The molecule has 0 aliphatic carbocycles. The maximum Gasteiger partial charge on any atom is 0.339 e. The van der Waals surface area contributed by atoms with Crippen LogP contribution in [-0.4, -0.2) is 28.7 Å². The number of hydrogen-bond acceptors (Lipinski definition) is 4. The van der Waals surface area contributed by atoms with E-state index in [0.29, 0.717) is 11.3 Å². The van der Waals surface area contributed by atoms with Crippen LogP contribution in [0.15, 0.2) is 42.5 Å². The lowest BCUT2D eigenvalue weighted by Crippen LogP contribution is -2.23. The van der Waals surface area contributed by atoms with Crippen LogP contribution in [0.2, 0.25) is 0 Å². The van der Waals surface area contributed by atoms with E-state index < -0.39 is 11.9 Å². The fourth-order valence-electron chi connectivity index (χ4n) is 2.33. The predicted molar refractivity (Wildman–Crippen MR) is 94.3 cm³/mol. The summed E-state index contributed by atoms with van der Waals surface area (Å²) in [5.41, 5.74) is 0.900. The van der Waals surface area contributed by atoms with Gasteiger partial charge in [0, 0.05) is 11.3 Å². The number of phenols is 1. The second kappa shape index (κ2) is 7.25. The van der Waals surface area contributed by atoms with Crippen LogP contribution in [0.4, 0.5) is 5.69 Å². The SMILES string of the molecule is CC(C)(C)c1cccc(C(=O)O)c1OCC(=O)Nc1ccc(O)cc1. The Balaban J connectivity index is 2.17. The Kier molecular flexibility index (Phi) is 5.32. The van der Waals surface area contributed by atoms with Gasteiger partial charge >= 0.3 is 5.97 Å². The molecule has 0 aromatic heterocycles. The number of para-hydroxylation sites is 1. The quantitative estimate of drug-likeness (QED) is 0.723. The summed E-state index contributed by atoms with van der Waals surface area (Å²) in [6.07, 6.45) is 0. The lowest BCUT2D eigenvalue weighted by molar-refractivity contribution is -0.118. The molecule has 0 saturated carbocycles. The molecule has 0 saturated heterocycles. The molecule has 132 valence electrons. The van der Waals surface area contributed by atoms with Gasteiger partial charge in [0.15, 0.2) is 6.61 Å². The number of amides is 1. The minimum Gasteiger partial charge on any atom is -0.508 e. The number of carboxylic acid groups (broad SMARTS) is 1. The van der Waals surface area contributed by atoms with Gasteiger partial charge in [-0.05, 0) is 35.7 Å². The standard InChI is InChI=1S/C19H21NO5/c1-19(2,3)15-6-4-5-14(18(23)24)17(15)25-11-16(22)20-12-7-9-13(21)10-8-12/h4-10,21H,11H2,1-3H3,(H,20,22)(H,23,24). The molecule has 0 unspecified atom stereocenters. The highest BCUT2D eigenvalue weighted by Crippen LogP contribution is 2.34. The molecular formula is C19H21NO5. The van der Waals surface area contributed by atoms with Crippen molar-refractivity contribution in [1.29, 1.82) is 0 Å². The van der Waals surface area contributed by atoms with Crippen molar-refractivity contribution in [2.45, 2.75) is 26.2 Å². The van der Waals surface area contributed by atoms with Gasteiger partial charge in [0.1, 0.15) is 17.1 Å². The monoisotopic (exact) mass is 343 g/mol. The smallest absolute Gasteiger partial charge is 0.339 e. The zero-order valence-electron chi connectivity index (χ0n) is 14.4. The number of benzene rings is 2. The van der Waals surface area contributed by atoms with Crippen LogP contribution in [0.25, 0.3) is 0 Å². The van der Waals surface area contributed by atoms with Gasteiger partial charge in [0.05, 0.1) is 0 Å². The minimum absolute atomic E-state index is 0.0184. The van der Waals surface area contributed by atoms with Crippen molar-refractivity contribution in [1.82, 2.24) is 0 Å². The average molecular weight is 343 g/mol. The van der Waals surface area contributed by atoms with E-state index in [4.69, 9.17) is 4.74 Å². The molecule has 2 rings (SSSR count). The molecule has 6 heteroatoms. The zero-order chi connectivity index (χ0) is 18.6. The summed E-state index contributed by atoms with van der Waals surface area (Å²) < 4.78 is 5.57. The third kappa shape index (κ3) is 4.73. The van der Waals surface area contributed by atoms with Gasteiger partial charge in [-0.15, -0.1) is 0 Å². The number of anilines is 1. The molecule has 6 nitrogen and oxygen atoms in total. The first-order chi connectivity index (χ1) is 11.7. The van der Waals surface area contributed by atoms with E-state index in [0.717, 1.165) is 0 Å². The van der Waals surface area contributed by atoms with Gasteiger partial charge in [0.2, 0.25) is 0 Å². The van der Waals surface area contributed by atoms with Gasteiger partial charge in [0.25, 0.3) is 5.91 Å². The van der Waals surface area contributed by atoms with Gasteiger partial charge < -0.3 is 20.3 Å². The number of carboxylic acids is 1. The zero-order valence-corrected chi connectivity index (χ0v) is 14.4. The molecular weight excluding hydrogens is 322 g/mol. The summed E-state index contributed by atoms with van der Waals surface area (Å²) >= 11 is 0. The molecule has 0 bridgehead atoms. The van der Waals surface area contributed by atoms with Crippen molar-refractivity contribution in [3.05, 3.63) is 53.6 Å². The lowest BCUT2D eigenvalue weighted by atomic mass is 9.85. The Morgan fingerprint density at radius 3 is 2.28 bits per heavy atom. The summed E-state index contributed by atoms with van der Waals surface area (Å²) in [5.74, 6) is -1.24. The molecule has 0 aliphatic heterocycles. The first-order valence-electron chi connectivity index (χ1n) is 7.77. The highest BCUT2D eigenvalue weighted by molar-refractivity contribution is 5.93. The van der Waals surface area contributed by atoms with Crippen LogP contribution in [-0.2, 0) is 10.2 Å². The molecule has 0 atom stereocenters. The summed E-state index contributed by atoms with van der Waals surface area (Å²) in [4.78, 5) is 23.5. The lowest BCUT2D eigenvalue weighted by Gasteiger charge is -2.23. The number of nitrogens with one attached hydrogen (secondary N) is 1. The summed E-state index contributed by atoms with van der Waals surface area (Å²) in [6.45, 7) is 5.50. The van der Waals surface area contributed by atoms with Crippen molar-refractivity contribution < 1.29 is 24.5 Å². The topological polar surface area (TPSA) is 95.9 Å². The molecule has 3 N–H and O–H groups in total. The van der Waals surface area contributed by atoms with E-state index in [1.807, 2.05) is 20.8 Å². The number of hydrogen-bond donors (Lipinski definition) is 3. The summed E-state index contributed by atoms with van der Waals surface area (Å²) in [5, 5.41) is 21.2. The second-order valence-electron chi connectivity index (χ2n) is 6.62. The first-order valence-corrected chi connectivity index (χ1v) is 7.77. The third-order valence-corrected chi connectivity index (χ3v) is 3.55.